The molecule has 3 aliphatic rings. The van der Waals surface area contributed by atoms with Crippen LogP contribution in [-0.4, -0.2) is 54.5 Å². The molecule has 8 nitrogen and oxygen atoms in total. The van der Waals surface area contributed by atoms with E-state index in [1.807, 2.05) is 12.1 Å². The highest BCUT2D eigenvalue weighted by molar-refractivity contribution is 6.05. The van der Waals surface area contributed by atoms with Gasteiger partial charge in [-0.15, -0.1) is 0 Å². The van der Waals surface area contributed by atoms with Crippen molar-refractivity contribution in [2.45, 2.75) is 82.6 Å². The fourth-order valence-corrected chi connectivity index (χ4v) is 5.37. The van der Waals surface area contributed by atoms with Crippen molar-refractivity contribution in [3.05, 3.63) is 29.3 Å². The molecule has 0 spiro atoms. The van der Waals surface area contributed by atoms with Gasteiger partial charge in [0.15, 0.2) is 0 Å². The summed E-state index contributed by atoms with van der Waals surface area (Å²) in [6.45, 7) is 0.884. The summed E-state index contributed by atoms with van der Waals surface area (Å²) < 4.78 is 12.0. The van der Waals surface area contributed by atoms with Crippen molar-refractivity contribution in [2.75, 3.05) is 13.7 Å². The van der Waals surface area contributed by atoms with Gasteiger partial charge < -0.3 is 20.1 Å². The molecule has 3 N–H and O–H groups in total. The molecule has 4 rings (SSSR count). The predicted molar refractivity (Wildman–Crippen MR) is 123 cm³/mol. The van der Waals surface area contributed by atoms with E-state index in [4.69, 9.17) is 15.2 Å². The van der Waals surface area contributed by atoms with Crippen molar-refractivity contribution in [3.8, 4) is 5.75 Å². The average Bonchev–Trinajstić information content (AvgIpc) is 2.97. The topological polar surface area (TPSA) is 111 Å². The summed E-state index contributed by atoms with van der Waals surface area (Å²) in [5.74, 6) is 0.386. The summed E-state index contributed by atoms with van der Waals surface area (Å²) in [6.07, 6.45) is 8.52. The lowest BCUT2D eigenvalue weighted by molar-refractivity contribution is -0.136. The number of ether oxygens (including phenoxy) is 2. The van der Waals surface area contributed by atoms with E-state index >= 15 is 0 Å². The van der Waals surface area contributed by atoms with E-state index in [0.717, 1.165) is 43.4 Å². The third kappa shape index (κ3) is 5.38. The SMILES string of the molecule is COC(CN)CC[C@@H]1CCCCC[C@@H]1Oc1ccc2c(c1)CN(C1CCC(=O)NC1=O)C2=O. The molecule has 2 aliphatic heterocycles. The molecule has 180 valence electrons. The number of nitrogens with zero attached hydrogens (tertiary/aromatic N) is 1. The van der Waals surface area contributed by atoms with Gasteiger partial charge in [0.05, 0.1) is 6.10 Å². The summed E-state index contributed by atoms with van der Waals surface area (Å²) in [4.78, 5) is 38.2. The monoisotopic (exact) mass is 457 g/mol. The number of nitrogens with two attached hydrogens (primary N) is 1. The van der Waals surface area contributed by atoms with Crippen LogP contribution in [0, 0.1) is 5.92 Å². The first-order valence-corrected chi connectivity index (χ1v) is 12.2. The van der Waals surface area contributed by atoms with Crippen LogP contribution < -0.4 is 15.8 Å². The Morgan fingerprint density at radius 3 is 2.73 bits per heavy atom. The van der Waals surface area contributed by atoms with Crippen LogP contribution in [0.15, 0.2) is 18.2 Å². The van der Waals surface area contributed by atoms with Crippen LogP contribution in [0.3, 0.4) is 0 Å². The second-order valence-electron chi connectivity index (χ2n) is 9.44. The van der Waals surface area contributed by atoms with Gasteiger partial charge in [-0.3, -0.25) is 19.7 Å². The lowest BCUT2D eigenvalue weighted by atomic mass is 9.91. The molecule has 2 unspecified atom stereocenters. The number of amides is 3. The molecular weight excluding hydrogens is 422 g/mol. The fraction of sp³-hybridized carbons (Fsp3) is 0.640. The fourth-order valence-electron chi connectivity index (χ4n) is 5.37. The number of rotatable bonds is 8. The number of methoxy groups -OCH3 is 1. The number of carbonyl (C=O) groups is 3. The van der Waals surface area contributed by atoms with E-state index in [2.05, 4.69) is 5.32 Å². The molecule has 1 saturated heterocycles. The van der Waals surface area contributed by atoms with E-state index in [0.29, 0.717) is 31.0 Å². The Morgan fingerprint density at radius 1 is 1.15 bits per heavy atom. The Balaban J connectivity index is 1.44. The lowest BCUT2D eigenvalue weighted by Gasteiger charge is -2.29. The molecule has 0 radical (unpaired) electrons. The molecule has 1 aliphatic carbocycles. The van der Waals surface area contributed by atoms with E-state index in [-0.39, 0.29) is 30.4 Å². The van der Waals surface area contributed by atoms with Crippen molar-refractivity contribution >= 4 is 17.7 Å². The van der Waals surface area contributed by atoms with Crippen LogP contribution in [-0.2, 0) is 20.9 Å². The van der Waals surface area contributed by atoms with Crippen LogP contribution in [0.5, 0.6) is 5.75 Å². The van der Waals surface area contributed by atoms with E-state index in [9.17, 15) is 14.4 Å². The lowest BCUT2D eigenvalue weighted by Crippen LogP contribution is -2.52. The first kappa shape index (κ1) is 23.7. The van der Waals surface area contributed by atoms with Gasteiger partial charge in [-0.05, 0) is 68.2 Å². The standard InChI is InChI=1S/C25H35N3O5/c1-32-19(14-26)8-7-16-5-3-2-4-6-22(16)33-18-9-10-20-17(13-18)15-28(25(20)31)21-11-12-23(29)27-24(21)30/h9-10,13,16,19,21-22H,2-8,11-12,14-15,26H2,1H3,(H,27,29,30)/t16-,19?,21?,22-/m0/s1. The van der Waals surface area contributed by atoms with Gasteiger partial charge in [0.2, 0.25) is 11.8 Å². The summed E-state index contributed by atoms with van der Waals surface area (Å²) in [5, 5.41) is 2.34. The van der Waals surface area contributed by atoms with Crippen LogP contribution in [0.2, 0.25) is 0 Å². The first-order chi connectivity index (χ1) is 16.0. The highest BCUT2D eigenvalue weighted by Crippen LogP contribution is 2.34. The summed E-state index contributed by atoms with van der Waals surface area (Å²) in [7, 11) is 1.71. The smallest absolute Gasteiger partial charge is 0.255 e. The van der Waals surface area contributed by atoms with Gasteiger partial charge >= 0.3 is 0 Å². The van der Waals surface area contributed by atoms with Gasteiger partial charge in [-0.2, -0.15) is 0 Å². The highest BCUT2D eigenvalue weighted by Gasteiger charge is 2.39. The van der Waals surface area contributed by atoms with Crippen LogP contribution in [0.25, 0.3) is 0 Å². The van der Waals surface area contributed by atoms with Crippen molar-refractivity contribution < 1.29 is 23.9 Å². The van der Waals surface area contributed by atoms with Gasteiger partial charge in [0, 0.05) is 32.2 Å². The number of fused-ring (bicyclic) bond motifs is 1. The molecule has 0 aromatic heterocycles. The zero-order valence-electron chi connectivity index (χ0n) is 19.4. The molecule has 8 heteroatoms. The predicted octanol–water partition coefficient (Wildman–Crippen LogP) is 2.53. The Hall–Kier alpha value is -2.45. The number of hydrogen-bond donors (Lipinski definition) is 2. The second kappa shape index (κ2) is 10.7. The van der Waals surface area contributed by atoms with Gasteiger partial charge in [0.25, 0.3) is 5.91 Å². The number of imide groups is 1. The molecule has 1 aromatic carbocycles. The maximum atomic E-state index is 12.9. The van der Waals surface area contributed by atoms with E-state index < -0.39 is 11.9 Å². The molecule has 3 amide bonds. The Labute approximate surface area is 195 Å². The molecule has 4 atom stereocenters. The highest BCUT2D eigenvalue weighted by atomic mass is 16.5. The number of hydrogen-bond acceptors (Lipinski definition) is 6. The second-order valence-corrected chi connectivity index (χ2v) is 9.44. The molecule has 2 fully saturated rings. The quantitative estimate of drug-likeness (QED) is 0.458. The zero-order valence-corrected chi connectivity index (χ0v) is 19.4. The van der Waals surface area contributed by atoms with Crippen molar-refractivity contribution in [3.63, 3.8) is 0 Å². The Morgan fingerprint density at radius 2 is 1.97 bits per heavy atom. The number of piperidine rings is 1. The minimum absolute atomic E-state index is 0.0816. The molecule has 2 heterocycles. The van der Waals surface area contributed by atoms with Crippen molar-refractivity contribution in [2.24, 2.45) is 11.7 Å². The molecule has 1 aromatic rings. The van der Waals surface area contributed by atoms with Crippen LogP contribution in [0.1, 0.15) is 73.7 Å². The molecular formula is C25H35N3O5. The summed E-state index contributed by atoms with van der Waals surface area (Å²) in [5.41, 5.74) is 7.28. The first-order valence-electron chi connectivity index (χ1n) is 12.2. The number of benzene rings is 1. The zero-order chi connectivity index (χ0) is 23.4. The van der Waals surface area contributed by atoms with Gasteiger partial charge in [-0.1, -0.05) is 12.8 Å². The molecule has 1 saturated carbocycles. The Kier molecular flexibility index (Phi) is 7.65. The van der Waals surface area contributed by atoms with Gasteiger partial charge in [-0.25, -0.2) is 0 Å². The number of nitrogens with one attached hydrogen (secondary N) is 1. The minimum atomic E-state index is -0.602. The Bertz CT molecular complexity index is 885. The van der Waals surface area contributed by atoms with E-state index in [1.54, 1.807) is 18.1 Å². The van der Waals surface area contributed by atoms with Crippen molar-refractivity contribution in [1.29, 1.82) is 0 Å². The average molecular weight is 458 g/mol. The maximum absolute atomic E-state index is 12.9. The van der Waals surface area contributed by atoms with Crippen LogP contribution >= 0.6 is 0 Å². The minimum Gasteiger partial charge on any atom is -0.490 e. The van der Waals surface area contributed by atoms with Crippen LogP contribution in [0.4, 0.5) is 0 Å². The largest absolute Gasteiger partial charge is 0.490 e. The normalized spacial score (nSPS) is 26.5. The third-order valence-electron chi connectivity index (χ3n) is 7.33. The number of carbonyl (C=O) groups excluding carboxylic acids is 3. The van der Waals surface area contributed by atoms with Crippen molar-refractivity contribution in [1.82, 2.24) is 10.2 Å². The van der Waals surface area contributed by atoms with Gasteiger partial charge in [0.1, 0.15) is 17.9 Å². The molecule has 33 heavy (non-hydrogen) atoms. The third-order valence-corrected chi connectivity index (χ3v) is 7.33. The van der Waals surface area contributed by atoms with E-state index in [1.165, 1.54) is 12.8 Å². The summed E-state index contributed by atoms with van der Waals surface area (Å²) in [6, 6.07) is 5.01. The maximum Gasteiger partial charge on any atom is 0.255 e. The molecule has 0 bridgehead atoms. The summed E-state index contributed by atoms with van der Waals surface area (Å²) >= 11 is 0.